The van der Waals surface area contributed by atoms with Crippen LogP contribution in [-0.2, 0) is 13.2 Å². The Morgan fingerprint density at radius 2 is 2.04 bits per heavy atom. The molecular formula is C18H16N2O3S. The fraction of sp³-hybridized carbons (Fsp3) is 0.111. The summed E-state index contributed by atoms with van der Waals surface area (Å²) in [6.07, 6.45) is 0. The van der Waals surface area contributed by atoms with Crippen LogP contribution in [0, 0.1) is 0 Å². The molecule has 0 saturated heterocycles. The zero-order chi connectivity index (χ0) is 16.8. The molecule has 3 rings (SSSR count). The average Bonchev–Trinajstić information content (AvgIpc) is 3.12. The first-order valence-electron chi connectivity index (χ1n) is 7.37. The maximum atomic E-state index is 10.8. The number of hydrogen-bond acceptors (Lipinski definition) is 5. The minimum atomic E-state index is -0.925. The predicted molar refractivity (Wildman–Crippen MR) is 93.6 cm³/mol. The van der Waals surface area contributed by atoms with Crippen LogP contribution in [-0.4, -0.2) is 16.1 Å². The number of ether oxygens (including phenoxy) is 1. The van der Waals surface area contributed by atoms with Gasteiger partial charge in [0.15, 0.2) is 0 Å². The number of carboxylic acid groups (broad SMARTS) is 1. The smallest absolute Gasteiger partial charge is 0.335 e. The molecule has 1 heterocycles. The number of rotatable bonds is 7. The van der Waals surface area contributed by atoms with Gasteiger partial charge in [0.1, 0.15) is 12.4 Å². The highest BCUT2D eigenvalue weighted by atomic mass is 32.1. The van der Waals surface area contributed by atoms with E-state index in [9.17, 15) is 4.79 Å². The largest absolute Gasteiger partial charge is 0.487 e. The summed E-state index contributed by atoms with van der Waals surface area (Å²) < 4.78 is 5.74. The zero-order valence-corrected chi connectivity index (χ0v) is 13.6. The molecule has 5 nitrogen and oxygen atoms in total. The molecule has 1 aromatic heterocycles. The van der Waals surface area contributed by atoms with Crippen LogP contribution in [0.25, 0.3) is 0 Å². The lowest BCUT2D eigenvalue weighted by Gasteiger charge is -2.09. The van der Waals surface area contributed by atoms with Gasteiger partial charge in [0.2, 0.25) is 0 Å². The Morgan fingerprint density at radius 3 is 2.75 bits per heavy atom. The van der Waals surface area contributed by atoms with E-state index in [1.165, 1.54) is 0 Å². The van der Waals surface area contributed by atoms with Crippen molar-refractivity contribution < 1.29 is 14.6 Å². The number of carbonyl (C=O) groups is 1. The number of hydrogen-bond donors (Lipinski definition) is 2. The summed E-state index contributed by atoms with van der Waals surface area (Å²) in [4.78, 5) is 15.0. The lowest BCUT2D eigenvalue weighted by molar-refractivity contribution is 0.0697. The molecule has 0 spiro atoms. The van der Waals surface area contributed by atoms with Gasteiger partial charge in [-0.15, -0.1) is 11.3 Å². The molecule has 24 heavy (non-hydrogen) atoms. The first kappa shape index (κ1) is 16.0. The Morgan fingerprint density at radius 1 is 1.21 bits per heavy atom. The van der Waals surface area contributed by atoms with Crippen LogP contribution in [0.15, 0.2) is 59.4 Å². The van der Waals surface area contributed by atoms with E-state index in [0.717, 1.165) is 22.7 Å². The van der Waals surface area contributed by atoms with Crippen molar-refractivity contribution in [1.82, 2.24) is 4.98 Å². The van der Waals surface area contributed by atoms with Crippen molar-refractivity contribution in [2.24, 2.45) is 0 Å². The van der Waals surface area contributed by atoms with Gasteiger partial charge in [0.05, 0.1) is 16.8 Å². The highest BCUT2D eigenvalue weighted by Gasteiger charge is 2.03. The van der Waals surface area contributed by atoms with Gasteiger partial charge in [0.25, 0.3) is 0 Å². The molecule has 0 fully saturated rings. The second-order valence-corrected chi connectivity index (χ2v) is 5.87. The maximum absolute atomic E-state index is 10.8. The van der Waals surface area contributed by atoms with Crippen molar-refractivity contribution >= 4 is 23.0 Å². The summed E-state index contributed by atoms with van der Waals surface area (Å²) >= 11 is 1.55. The maximum Gasteiger partial charge on any atom is 0.335 e. The van der Waals surface area contributed by atoms with Crippen LogP contribution in [0.3, 0.4) is 0 Å². The summed E-state index contributed by atoms with van der Waals surface area (Å²) in [5.74, 6) is -0.130. The SMILES string of the molecule is O=C(O)c1ccc(NCc2cccc(OCc3cscn3)c2)cc1. The Labute approximate surface area is 143 Å². The number of nitrogens with zero attached hydrogens (tertiary/aromatic N) is 1. The number of benzene rings is 2. The normalized spacial score (nSPS) is 10.3. The summed E-state index contributed by atoms with van der Waals surface area (Å²) in [6.45, 7) is 1.08. The van der Waals surface area contributed by atoms with Crippen LogP contribution < -0.4 is 10.1 Å². The highest BCUT2D eigenvalue weighted by Crippen LogP contribution is 2.17. The van der Waals surface area contributed by atoms with E-state index in [1.54, 1.807) is 41.1 Å². The molecule has 0 saturated carbocycles. The molecule has 0 atom stereocenters. The minimum Gasteiger partial charge on any atom is -0.487 e. The minimum absolute atomic E-state index is 0.276. The molecule has 0 aliphatic rings. The lowest BCUT2D eigenvalue weighted by Crippen LogP contribution is -2.01. The third kappa shape index (κ3) is 4.33. The van der Waals surface area contributed by atoms with Gasteiger partial charge in [-0.1, -0.05) is 12.1 Å². The van der Waals surface area contributed by atoms with Gasteiger partial charge >= 0.3 is 5.97 Å². The third-order valence-corrected chi connectivity index (χ3v) is 4.03. The number of nitrogens with one attached hydrogen (secondary N) is 1. The Balaban J connectivity index is 1.57. The zero-order valence-electron chi connectivity index (χ0n) is 12.8. The molecule has 6 heteroatoms. The van der Waals surface area contributed by atoms with E-state index in [-0.39, 0.29) is 5.56 Å². The predicted octanol–water partition coefficient (Wildman–Crippen LogP) is 4.03. The van der Waals surface area contributed by atoms with Crippen molar-refractivity contribution in [3.8, 4) is 5.75 Å². The van der Waals surface area contributed by atoms with Crippen molar-refractivity contribution in [1.29, 1.82) is 0 Å². The molecule has 0 aliphatic carbocycles. The summed E-state index contributed by atoms with van der Waals surface area (Å²) in [7, 11) is 0. The molecular weight excluding hydrogens is 324 g/mol. The van der Waals surface area contributed by atoms with Gasteiger partial charge in [-0.3, -0.25) is 0 Å². The number of anilines is 1. The van der Waals surface area contributed by atoms with Gasteiger partial charge in [-0.2, -0.15) is 0 Å². The second-order valence-electron chi connectivity index (χ2n) is 5.15. The van der Waals surface area contributed by atoms with Crippen LogP contribution in [0.2, 0.25) is 0 Å². The fourth-order valence-corrected chi connectivity index (χ4v) is 2.69. The standard InChI is InChI=1S/C18H16N2O3S/c21-18(22)14-4-6-15(7-5-14)19-9-13-2-1-3-17(8-13)23-10-16-11-24-12-20-16/h1-8,11-12,19H,9-10H2,(H,21,22). The first-order chi connectivity index (χ1) is 11.7. The molecule has 3 aromatic rings. The fourth-order valence-electron chi connectivity index (χ4n) is 2.15. The lowest BCUT2D eigenvalue weighted by atomic mass is 10.2. The van der Waals surface area contributed by atoms with Crippen molar-refractivity contribution in [2.45, 2.75) is 13.2 Å². The number of carboxylic acids is 1. The molecule has 0 aliphatic heterocycles. The van der Waals surface area contributed by atoms with Crippen LogP contribution >= 0.6 is 11.3 Å². The van der Waals surface area contributed by atoms with E-state index >= 15 is 0 Å². The Hall–Kier alpha value is -2.86. The Bertz CT molecular complexity index is 801. The van der Waals surface area contributed by atoms with E-state index < -0.39 is 5.97 Å². The second kappa shape index (κ2) is 7.61. The molecule has 0 amide bonds. The van der Waals surface area contributed by atoms with Gasteiger partial charge < -0.3 is 15.2 Å². The van der Waals surface area contributed by atoms with Crippen molar-refractivity contribution in [3.05, 3.63) is 76.2 Å². The highest BCUT2D eigenvalue weighted by molar-refractivity contribution is 7.07. The van der Waals surface area contributed by atoms with Crippen LogP contribution in [0.4, 0.5) is 5.69 Å². The molecule has 0 radical (unpaired) electrons. The molecule has 2 aromatic carbocycles. The van der Waals surface area contributed by atoms with E-state index in [1.807, 2.05) is 29.6 Å². The quantitative estimate of drug-likeness (QED) is 0.679. The van der Waals surface area contributed by atoms with Crippen molar-refractivity contribution in [3.63, 3.8) is 0 Å². The van der Waals surface area contributed by atoms with E-state index in [4.69, 9.17) is 9.84 Å². The number of thiazole rings is 1. The topological polar surface area (TPSA) is 71.5 Å². The summed E-state index contributed by atoms with van der Waals surface area (Å²) in [5, 5.41) is 14.1. The molecule has 2 N–H and O–H groups in total. The van der Waals surface area contributed by atoms with Gasteiger partial charge in [-0.05, 0) is 42.0 Å². The van der Waals surface area contributed by atoms with Crippen molar-refractivity contribution in [2.75, 3.05) is 5.32 Å². The molecule has 0 unspecified atom stereocenters. The average molecular weight is 340 g/mol. The number of aromatic nitrogens is 1. The van der Waals surface area contributed by atoms with Gasteiger partial charge in [0, 0.05) is 17.6 Å². The van der Waals surface area contributed by atoms with Crippen LogP contribution in [0.5, 0.6) is 5.75 Å². The van der Waals surface area contributed by atoms with E-state index in [0.29, 0.717) is 13.2 Å². The molecule has 0 bridgehead atoms. The summed E-state index contributed by atoms with van der Waals surface area (Å²) in [6, 6.07) is 14.5. The first-order valence-corrected chi connectivity index (χ1v) is 8.31. The monoisotopic (exact) mass is 340 g/mol. The van der Waals surface area contributed by atoms with E-state index in [2.05, 4.69) is 10.3 Å². The summed E-state index contributed by atoms with van der Waals surface area (Å²) in [5.41, 5.74) is 4.93. The number of aromatic carboxylic acids is 1. The molecule has 122 valence electrons. The Kier molecular flexibility index (Phi) is 5.08. The van der Waals surface area contributed by atoms with Gasteiger partial charge in [-0.25, -0.2) is 9.78 Å². The van der Waals surface area contributed by atoms with Crippen LogP contribution in [0.1, 0.15) is 21.6 Å². The third-order valence-electron chi connectivity index (χ3n) is 3.40.